The van der Waals surface area contributed by atoms with E-state index in [2.05, 4.69) is 34.9 Å². The first kappa shape index (κ1) is 22.3. The SMILES string of the molecule is O=C(Nc1ccc(-c2ccc(NC(=O)[C@@H]3C[C@@H]3c3ccccc3)cc2)cc1)[C@H]1C[C@H]1c1ccccc1. The number of rotatable bonds is 7. The van der Waals surface area contributed by atoms with Crippen LogP contribution in [0.5, 0.6) is 0 Å². The van der Waals surface area contributed by atoms with Gasteiger partial charge in [-0.3, -0.25) is 9.59 Å². The average Bonchev–Trinajstić information content (AvgIpc) is 3.85. The fourth-order valence-corrected chi connectivity index (χ4v) is 5.07. The topological polar surface area (TPSA) is 58.2 Å². The van der Waals surface area contributed by atoms with E-state index in [4.69, 9.17) is 0 Å². The van der Waals surface area contributed by atoms with Crippen molar-refractivity contribution in [2.24, 2.45) is 11.8 Å². The Balaban J connectivity index is 1.02. The lowest BCUT2D eigenvalue weighted by Crippen LogP contribution is -2.14. The number of nitrogens with one attached hydrogen (secondary N) is 2. The van der Waals surface area contributed by atoms with Gasteiger partial charge in [0.1, 0.15) is 0 Å². The molecule has 0 aliphatic heterocycles. The highest BCUT2D eigenvalue weighted by molar-refractivity contribution is 5.96. The number of carbonyl (C=O) groups excluding carboxylic acids is 2. The van der Waals surface area contributed by atoms with E-state index in [9.17, 15) is 9.59 Å². The predicted octanol–water partition coefficient (Wildman–Crippen LogP) is 6.84. The van der Waals surface area contributed by atoms with Gasteiger partial charge in [0, 0.05) is 23.2 Å². The van der Waals surface area contributed by atoms with Gasteiger partial charge in [-0.2, -0.15) is 0 Å². The van der Waals surface area contributed by atoms with Crippen LogP contribution in [0.15, 0.2) is 109 Å². The van der Waals surface area contributed by atoms with Crippen LogP contribution >= 0.6 is 0 Å². The maximum Gasteiger partial charge on any atom is 0.228 e. The highest BCUT2D eigenvalue weighted by Gasteiger charge is 2.44. The molecule has 0 radical (unpaired) electrons. The van der Waals surface area contributed by atoms with Gasteiger partial charge in [0.05, 0.1) is 0 Å². The lowest BCUT2D eigenvalue weighted by molar-refractivity contribution is -0.118. The second-order valence-electron chi connectivity index (χ2n) is 9.85. The molecule has 0 heterocycles. The molecule has 4 atom stereocenters. The molecule has 0 bridgehead atoms. The largest absolute Gasteiger partial charge is 0.326 e. The second kappa shape index (κ2) is 9.46. The monoisotopic (exact) mass is 472 g/mol. The van der Waals surface area contributed by atoms with Crippen LogP contribution in [0.4, 0.5) is 11.4 Å². The van der Waals surface area contributed by atoms with Gasteiger partial charge in [0.2, 0.25) is 11.8 Å². The number of carbonyl (C=O) groups is 2. The molecular weight excluding hydrogens is 444 g/mol. The number of hydrogen-bond acceptors (Lipinski definition) is 2. The van der Waals surface area contributed by atoms with Gasteiger partial charge in [-0.25, -0.2) is 0 Å². The van der Waals surface area contributed by atoms with E-state index in [1.807, 2.05) is 84.9 Å². The summed E-state index contributed by atoms with van der Waals surface area (Å²) in [4.78, 5) is 25.3. The summed E-state index contributed by atoms with van der Waals surface area (Å²) in [5.41, 5.74) is 6.21. The second-order valence-corrected chi connectivity index (χ2v) is 9.85. The van der Waals surface area contributed by atoms with Crippen molar-refractivity contribution in [1.29, 1.82) is 0 Å². The van der Waals surface area contributed by atoms with Crippen molar-refractivity contribution in [2.75, 3.05) is 10.6 Å². The maximum atomic E-state index is 12.6. The quantitative estimate of drug-likeness (QED) is 0.309. The van der Waals surface area contributed by atoms with E-state index in [0.29, 0.717) is 11.8 Å². The molecule has 2 aliphatic rings. The van der Waals surface area contributed by atoms with Crippen molar-refractivity contribution in [3.63, 3.8) is 0 Å². The smallest absolute Gasteiger partial charge is 0.228 e. The molecule has 6 rings (SSSR count). The van der Waals surface area contributed by atoms with Crippen LogP contribution in [0.3, 0.4) is 0 Å². The van der Waals surface area contributed by atoms with E-state index in [1.54, 1.807) is 0 Å². The van der Waals surface area contributed by atoms with E-state index in [-0.39, 0.29) is 23.7 Å². The first-order valence-corrected chi connectivity index (χ1v) is 12.6. The van der Waals surface area contributed by atoms with Gasteiger partial charge < -0.3 is 10.6 Å². The zero-order valence-electron chi connectivity index (χ0n) is 19.9. The van der Waals surface area contributed by atoms with Crippen LogP contribution in [0.1, 0.15) is 35.8 Å². The van der Waals surface area contributed by atoms with Crippen LogP contribution in [0.2, 0.25) is 0 Å². The number of hydrogen-bond donors (Lipinski definition) is 2. The Hall–Kier alpha value is -4.18. The molecule has 178 valence electrons. The molecule has 2 amide bonds. The molecule has 4 aromatic rings. The number of amides is 2. The Morgan fingerprint density at radius 2 is 0.861 bits per heavy atom. The van der Waals surface area contributed by atoms with Crippen molar-refractivity contribution < 1.29 is 9.59 Å². The maximum absolute atomic E-state index is 12.6. The molecule has 4 nitrogen and oxygen atoms in total. The summed E-state index contributed by atoms with van der Waals surface area (Å²) in [6.45, 7) is 0. The minimum atomic E-state index is 0.0495. The Morgan fingerprint density at radius 1 is 0.500 bits per heavy atom. The lowest BCUT2D eigenvalue weighted by Gasteiger charge is -2.09. The molecule has 0 spiro atoms. The summed E-state index contributed by atoms with van der Waals surface area (Å²) in [5, 5.41) is 6.12. The molecule has 4 aromatic carbocycles. The van der Waals surface area contributed by atoms with Gasteiger partial charge in [-0.05, 0) is 71.2 Å². The van der Waals surface area contributed by atoms with Crippen molar-refractivity contribution >= 4 is 23.2 Å². The summed E-state index contributed by atoms with van der Waals surface area (Å²) in [5.74, 6) is 0.924. The summed E-state index contributed by atoms with van der Waals surface area (Å²) in [7, 11) is 0. The van der Waals surface area contributed by atoms with E-state index in [0.717, 1.165) is 35.3 Å². The van der Waals surface area contributed by atoms with Crippen LogP contribution < -0.4 is 10.6 Å². The Labute approximate surface area is 211 Å². The van der Waals surface area contributed by atoms with Gasteiger partial charge >= 0.3 is 0 Å². The summed E-state index contributed by atoms with van der Waals surface area (Å²) >= 11 is 0. The third-order valence-electron chi connectivity index (χ3n) is 7.35. The van der Waals surface area contributed by atoms with Crippen molar-refractivity contribution in [3.05, 3.63) is 120 Å². The van der Waals surface area contributed by atoms with Crippen molar-refractivity contribution in [1.82, 2.24) is 0 Å². The first-order chi connectivity index (χ1) is 17.7. The van der Waals surface area contributed by atoms with Crippen molar-refractivity contribution in [2.45, 2.75) is 24.7 Å². The summed E-state index contributed by atoms with van der Waals surface area (Å²) in [6, 6.07) is 36.3. The molecule has 2 N–H and O–H groups in total. The molecule has 4 heteroatoms. The minimum absolute atomic E-state index is 0.0495. The number of benzene rings is 4. The van der Waals surface area contributed by atoms with Gasteiger partial charge in [0.15, 0.2) is 0 Å². The van der Waals surface area contributed by atoms with Gasteiger partial charge in [0.25, 0.3) is 0 Å². The zero-order valence-corrected chi connectivity index (χ0v) is 19.9. The lowest BCUT2D eigenvalue weighted by atomic mass is 10.0. The van der Waals surface area contributed by atoms with Crippen LogP contribution in [-0.2, 0) is 9.59 Å². The Kier molecular flexibility index (Phi) is 5.86. The third kappa shape index (κ3) is 4.80. The van der Waals surface area contributed by atoms with Gasteiger partial charge in [-0.1, -0.05) is 84.9 Å². The van der Waals surface area contributed by atoms with E-state index >= 15 is 0 Å². The highest BCUT2D eigenvalue weighted by atomic mass is 16.2. The van der Waals surface area contributed by atoms with Crippen LogP contribution in [-0.4, -0.2) is 11.8 Å². The molecule has 2 saturated carbocycles. The molecule has 2 fully saturated rings. The fourth-order valence-electron chi connectivity index (χ4n) is 5.07. The highest BCUT2D eigenvalue weighted by Crippen LogP contribution is 2.48. The Morgan fingerprint density at radius 3 is 1.22 bits per heavy atom. The zero-order chi connectivity index (χ0) is 24.5. The average molecular weight is 473 g/mol. The first-order valence-electron chi connectivity index (χ1n) is 12.6. The van der Waals surface area contributed by atoms with Crippen LogP contribution in [0.25, 0.3) is 11.1 Å². The van der Waals surface area contributed by atoms with E-state index < -0.39 is 0 Å². The Bertz CT molecular complexity index is 1260. The molecule has 0 aromatic heterocycles. The molecule has 2 aliphatic carbocycles. The predicted molar refractivity (Wildman–Crippen MR) is 144 cm³/mol. The summed E-state index contributed by atoms with van der Waals surface area (Å²) < 4.78 is 0. The normalized spacial score (nSPS) is 21.9. The third-order valence-corrected chi connectivity index (χ3v) is 7.35. The molecule has 36 heavy (non-hydrogen) atoms. The molecule has 0 unspecified atom stereocenters. The molecule has 0 saturated heterocycles. The number of anilines is 2. The standard InChI is InChI=1S/C32H28N2O2/c35-31(29-19-27(29)23-7-3-1-4-8-23)33-25-15-11-21(12-16-25)22-13-17-26(18-14-22)34-32(36)30-20-28(30)24-9-5-2-6-10-24/h1-18,27-30H,19-20H2,(H,33,35)(H,34,36)/t27-,28+,29-,30+. The summed E-state index contributed by atoms with van der Waals surface area (Å²) in [6.07, 6.45) is 1.81. The van der Waals surface area contributed by atoms with Crippen LogP contribution in [0, 0.1) is 11.8 Å². The van der Waals surface area contributed by atoms with Crippen molar-refractivity contribution in [3.8, 4) is 11.1 Å². The molecular formula is C32H28N2O2. The van der Waals surface area contributed by atoms with Gasteiger partial charge in [-0.15, -0.1) is 0 Å². The minimum Gasteiger partial charge on any atom is -0.326 e. The fraction of sp³-hybridized carbons (Fsp3) is 0.188. The van der Waals surface area contributed by atoms with E-state index in [1.165, 1.54) is 11.1 Å².